The average molecular weight is 489 g/mol. The second-order valence-corrected chi connectivity index (χ2v) is 9.30. The first kappa shape index (κ1) is 23.7. The number of nitrogens with zero attached hydrogens (tertiary/aromatic N) is 6. The number of fused-ring (bicyclic) bond motifs is 1. The molecule has 0 N–H and O–H groups in total. The molecule has 8 nitrogen and oxygen atoms in total. The number of halogens is 1. The average Bonchev–Trinajstić information content (AvgIpc) is 3.28. The van der Waals surface area contributed by atoms with E-state index < -0.39 is 0 Å². The van der Waals surface area contributed by atoms with E-state index in [9.17, 15) is 14.0 Å². The Labute approximate surface area is 208 Å². The minimum Gasteiger partial charge on any atom is -0.366 e. The van der Waals surface area contributed by atoms with Crippen LogP contribution >= 0.6 is 0 Å². The Kier molecular flexibility index (Phi) is 6.54. The standard InChI is InChI=1S/C27H29FN6O2/c1-19-16-20(2)18-21(17-19)33-14-15-34-24(29-30-26(34)27(33)36)8-5-9-25(35)32-12-10-31(11-13-32)23-7-4-3-6-22(23)28/h3-4,6-7,14-18H,5,8-13H2,1-2H3. The molecule has 0 radical (unpaired) electrons. The van der Waals surface area contributed by atoms with Crippen molar-refractivity contribution in [3.05, 3.63) is 88.0 Å². The van der Waals surface area contributed by atoms with E-state index in [2.05, 4.69) is 16.3 Å². The molecular formula is C27H29FN6O2. The highest BCUT2D eigenvalue weighted by Crippen LogP contribution is 2.20. The van der Waals surface area contributed by atoms with E-state index in [0.717, 1.165) is 16.8 Å². The fraction of sp³-hybridized carbons (Fsp3) is 0.333. The molecule has 1 fully saturated rings. The molecule has 0 unspecified atom stereocenters. The van der Waals surface area contributed by atoms with Crippen LogP contribution in [0.1, 0.15) is 29.8 Å². The molecule has 3 heterocycles. The van der Waals surface area contributed by atoms with Gasteiger partial charge in [-0.25, -0.2) is 4.39 Å². The van der Waals surface area contributed by atoms with E-state index in [1.807, 2.05) is 41.8 Å². The molecule has 36 heavy (non-hydrogen) atoms. The summed E-state index contributed by atoms with van der Waals surface area (Å²) < 4.78 is 17.3. The van der Waals surface area contributed by atoms with E-state index in [-0.39, 0.29) is 22.9 Å². The lowest BCUT2D eigenvalue weighted by Crippen LogP contribution is -2.49. The van der Waals surface area contributed by atoms with Crippen molar-refractivity contribution in [3.8, 4) is 5.69 Å². The summed E-state index contributed by atoms with van der Waals surface area (Å²) in [5.74, 6) is 0.500. The van der Waals surface area contributed by atoms with Crippen LogP contribution < -0.4 is 10.5 Å². The molecule has 1 aliphatic rings. The Balaban J connectivity index is 1.19. The highest BCUT2D eigenvalue weighted by molar-refractivity contribution is 5.76. The number of aryl methyl sites for hydroxylation is 3. The molecule has 186 valence electrons. The summed E-state index contributed by atoms with van der Waals surface area (Å²) in [5.41, 5.74) is 3.58. The number of hydrogen-bond donors (Lipinski definition) is 0. The van der Waals surface area contributed by atoms with Gasteiger partial charge >= 0.3 is 5.56 Å². The Morgan fingerprint density at radius 1 is 0.972 bits per heavy atom. The van der Waals surface area contributed by atoms with E-state index in [1.54, 1.807) is 33.5 Å². The molecule has 0 bridgehead atoms. The fourth-order valence-electron chi connectivity index (χ4n) is 4.86. The first-order valence-electron chi connectivity index (χ1n) is 12.2. The van der Waals surface area contributed by atoms with E-state index >= 15 is 0 Å². The molecule has 1 amide bonds. The number of carbonyl (C=O) groups is 1. The smallest absolute Gasteiger partial charge is 0.300 e. The summed E-state index contributed by atoms with van der Waals surface area (Å²) in [6.07, 6.45) is 5.06. The number of amides is 1. The normalized spacial score (nSPS) is 14.0. The van der Waals surface area contributed by atoms with Crippen molar-refractivity contribution in [1.82, 2.24) is 24.1 Å². The van der Waals surface area contributed by atoms with Crippen molar-refractivity contribution >= 4 is 17.2 Å². The fourth-order valence-corrected chi connectivity index (χ4v) is 4.86. The van der Waals surface area contributed by atoms with Crippen molar-refractivity contribution in [2.24, 2.45) is 0 Å². The molecular weight excluding hydrogens is 459 g/mol. The van der Waals surface area contributed by atoms with Crippen LogP contribution in [0.4, 0.5) is 10.1 Å². The maximum absolute atomic E-state index is 14.1. The quantitative estimate of drug-likeness (QED) is 0.416. The molecule has 9 heteroatoms. The van der Waals surface area contributed by atoms with Gasteiger partial charge in [0.05, 0.1) is 5.69 Å². The number of para-hydroxylation sites is 1. The van der Waals surface area contributed by atoms with Gasteiger partial charge in [0.1, 0.15) is 11.6 Å². The van der Waals surface area contributed by atoms with Crippen LogP contribution in [-0.2, 0) is 11.2 Å². The third-order valence-electron chi connectivity index (χ3n) is 6.64. The van der Waals surface area contributed by atoms with Crippen molar-refractivity contribution in [2.45, 2.75) is 33.1 Å². The highest BCUT2D eigenvalue weighted by atomic mass is 19.1. The number of aromatic nitrogens is 4. The van der Waals surface area contributed by atoms with Gasteiger partial charge in [0.15, 0.2) is 0 Å². The van der Waals surface area contributed by atoms with Crippen molar-refractivity contribution in [3.63, 3.8) is 0 Å². The predicted molar refractivity (Wildman–Crippen MR) is 136 cm³/mol. The topological polar surface area (TPSA) is 75.7 Å². The van der Waals surface area contributed by atoms with Gasteiger partial charge in [-0.15, -0.1) is 10.2 Å². The Hall–Kier alpha value is -4.01. The maximum Gasteiger partial charge on any atom is 0.300 e. The molecule has 1 saturated heterocycles. The Morgan fingerprint density at radius 3 is 2.42 bits per heavy atom. The SMILES string of the molecule is Cc1cc(C)cc(-n2ccn3c(CCCC(=O)N4CCN(c5ccccc5F)CC4)nnc3c2=O)c1. The second kappa shape index (κ2) is 9.93. The van der Waals surface area contributed by atoms with E-state index in [1.165, 1.54) is 6.07 Å². The molecule has 4 aromatic rings. The van der Waals surface area contributed by atoms with Gasteiger partial charge in [0, 0.05) is 57.1 Å². The summed E-state index contributed by atoms with van der Waals surface area (Å²) in [6.45, 7) is 6.35. The molecule has 1 aliphatic heterocycles. The highest BCUT2D eigenvalue weighted by Gasteiger charge is 2.22. The number of benzene rings is 2. The van der Waals surface area contributed by atoms with E-state index in [4.69, 9.17) is 0 Å². The van der Waals surface area contributed by atoms with Crippen molar-refractivity contribution < 1.29 is 9.18 Å². The van der Waals surface area contributed by atoms with Gasteiger partial charge in [0.2, 0.25) is 11.6 Å². The zero-order chi connectivity index (χ0) is 25.2. The van der Waals surface area contributed by atoms with Crippen LogP contribution in [-0.4, -0.2) is 56.2 Å². The molecule has 0 atom stereocenters. The predicted octanol–water partition coefficient (Wildman–Crippen LogP) is 3.31. The molecule has 0 saturated carbocycles. The first-order valence-corrected chi connectivity index (χ1v) is 12.2. The van der Waals surface area contributed by atoms with Crippen LogP contribution in [0.5, 0.6) is 0 Å². The molecule has 0 spiro atoms. The lowest BCUT2D eigenvalue weighted by Gasteiger charge is -2.36. The largest absolute Gasteiger partial charge is 0.366 e. The second-order valence-electron chi connectivity index (χ2n) is 9.30. The zero-order valence-electron chi connectivity index (χ0n) is 20.5. The first-order chi connectivity index (χ1) is 17.4. The van der Waals surface area contributed by atoms with Crippen LogP contribution in [0.2, 0.25) is 0 Å². The monoisotopic (exact) mass is 488 g/mol. The molecule has 5 rings (SSSR count). The summed E-state index contributed by atoms with van der Waals surface area (Å²) in [7, 11) is 0. The molecule has 2 aromatic carbocycles. The van der Waals surface area contributed by atoms with Gasteiger partial charge in [-0.3, -0.25) is 18.6 Å². The van der Waals surface area contributed by atoms with Crippen LogP contribution in [0.25, 0.3) is 11.3 Å². The van der Waals surface area contributed by atoms with Crippen LogP contribution in [0, 0.1) is 19.7 Å². The number of hydrogen-bond acceptors (Lipinski definition) is 5. The number of piperazine rings is 1. The van der Waals surface area contributed by atoms with Gasteiger partial charge in [0.25, 0.3) is 0 Å². The maximum atomic E-state index is 14.1. The summed E-state index contributed by atoms with van der Waals surface area (Å²) in [6, 6.07) is 12.7. The summed E-state index contributed by atoms with van der Waals surface area (Å²) in [5, 5.41) is 8.35. The lowest BCUT2D eigenvalue weighted by atomic mass is 10.1. The van der Waals surface area contributed by atoms with Crippen LogP contribution in [0.15, 0.2) is 59.7 Å². The minimum atomic E-state index is -0.237. The third-order valence-corrected chi connectivity index (χ3v) is 6.64. The number of rotatable bonds is 6. The number of carbonyl (C=O) groups excluding carboxylic acids is 1. The van der Waals surface area contributed by atoms with Gasteiger partial charge in [-0.2, -0.15) is 0 Å². The van der Waals surface area contributed by atoms with Gasteiger partial charge < -0.3 is 9.80 Å². The van der Waals surface area contributed by atoms with Crippen molar-refractivity contribution in [1.29, 1.82) is 0 Å². The minimum absolute atomic E-state index is 0.0779. The summed E-state index contributed by atoms with van der Waals surface area (Å²) >= 11 is 0. The van der Waals surface area contributed by atoms with Crippen LogP contribution in [0.3, 0.4) is 0 Å². The molecule has 2 aromatic heterocycles. The van der Waals surface area contributed by atoms with Crippen molar-refractivity contribution in [2.75, 3.05) is 31.1 Å². The number of anilines is 1. The Morgan fingerprint density at radius 2 is 1.69 bits per heavy atom. The van der Waals surface area contributed by atoms with E-state index in [0.29, 0.717) is 57.0 Å². The van der Waals surface area contributed by atoms with Gasteiger partial charge in [-0.1, -0.05) is 18.2 Å². The van der Waals surface area contributed by atoms with Gasteiger partial charge in [-0.05, 0) is 55.7 Å². The summed E-state index contributed by atoms with van der Waals surface area (Å²) in [4.78, 5) is 29.6. The Bertz CT molecular complexity index is 1450. The zero-order valence-corrected chi connectivity index (χ0v) is 20.5. The lowest BCUT2D eigenvalue weighted by molar-refractivity contribution is -0.131. The molecule has 0 aliphatic carbocycles. The third kappa shape index (κ3) is 4.73.